The number of carbonyl (C=O) groups excluding carboxylic acids is 3. The van der Waals surface area contributed by atoms with Gasteiger partial charge in [0.05, 0.1) is 32.0 Å². The summed E-state index contributed by atoms with van der Waals surface area (Å²) in [7, 11) is 2.56. The molecule has 1 saturated carbocycles. The van der Waals surface area contributed by atoms with E-state index in [4.69, 9.17) is 14.2 Å². The van der Waals surface area contributed by atoms with Crippen LogP contribution in [-0.4, -0.2) is 32.1 Å². The molecule has 0 spiro atoms. The molecule has 0 heterocycles. The first kappa shape index (κ1) is 18.0. The third kappa shape index (κ3) is 4.34. The van der Waals surface area contributed by atoms with Crippen molar-refractivity contribution >= 4 is 17.9 Å². The zero-order valence-electron chi connectivity index (χ0n) is 13.9. The smallest absolute Gasteiger partial charge is 0.309 e. The van der Waals surface area contributed by atoms with Gasteiger partial charge < -0.3 is 14.2 Å². The Bertz CT molecular complexity index is 582. The van der Waals surface area contributed by atoms with E-state index in [0.717, 1.165) is 5.56 Å². The molecule has 2 rings (SSSR count). The van der Waals surface area contributed by atoms with Gasteiger partial charge in [-0.2, -0.15) is 0 Å². The van der Waals surface area contributed by atoms with Crippen molar-refractivity contribution in [1.29, 1.82) is 0 Å². The fourth-order valence-electron chi connectivity index (χ4n) is 3.08. The molecule has 0 radical (unpaired) electrons. The van der Waals surface area contributed by atoms with Crippen molar-refractivity contribution in [2.24, 2.45) is 17.8 Å². The summed E-state index contributed by atoms with van der Waals surface area (Å²) in [4.78, 5) is 36.1. The van der Waals surface area contributed by atoms with E-state index in [1.165, 1.54) is 14.2 Å². The molecule has 3 unspecified atom stereocenters. The van der Waals surface area contributed by atoms with Crippen molar-refractivity contribution in [3.8, 4) is 0 Å². The second-order valence-electron chi connectivity index (χ2n) is 5.86. The van der Waals surface area contributed by atoms with Crippen LogP contribution in [0.2, 0.25) is 0 Å². The first-order valence-electron chi connectivity index (χ1n) is 7.93. The minimum atomic E-state index is -0.675. The van der Waals surface area contributed by atoms with Crippen LogP contribution in [-0.2, 0) is 35.2 Å². The molecule has 3 atom stereocenters. The molecule has 24 heavy (non-hydrogen) atoms. The van der Waals surface area contributed by atoms with Gasteiger partial charge in [-0.1, -0.05) is 30.3 Å². The predicted molar refractivity (Wildman–Crippen MR) is 84.6 cm³/mol. The van der Waals surface area contributed by atoms with Gasteiger partial charge in [-0.3, -0.25) is 14.4 Å². The topological polar surface area (TPSA) is 78.9 Å². The monoisotopic (exact) mass is 334 g/mol. The largest absolute Gasteiger partial charge is 0.469 e. The Labute approximate surface area is 141 Å². The summed E-state index contributed by atoms with van der Waals surface area (Å²) in [5.74, 6) is -2.95. The molecule has 1 aliphatic rings. The van der Waals surface area contributed by atoms with Crippen LogP contribution < -0.4 is 0 Å². The molecule has 6 nitrogen and oxygen atoms in total. The highest BCUT2D eigenvalue weighted by atomic mass is 16.5. The lowest BCUT2D eigenvalue weighted by atomic mass is 9.74. The van der Waals surface area contributed by atoms with E-state index >= 15 is 0 Å². The molecule has 1 fully saturated rings. The summed E-state index contributed by atoms with van der Waals surface area (Å²) in [6.45, 7) is 0.194. The molecular formula is C18H22O6. The average molecular weight is 334 g/mol. The minimum absolute atomic E-state index is 0.194. The minimum Gasteiger partial charge on any atom is -0.469 e. The first-order chi connectivity index (χ1) is 11.6. The molecule has 6 heteroatoms. The lowest BCUT2D eigenvalue weighted by Crippen LogP contribution is -2.39. The number of methoxy groups -OCH3 is 2. The van der Waals surface area contributed by atoms with E-state index in [9.17, 15) is 14.4 Å². The number of carbonyl (C=O) groups is 3. The van der Waals surface area contributed by atoms with Crippen LogP contribution in [0.5, 0.6) is 0 Å². The van der Waals surface area contributed by atoms with Crippen molar-refractivity contribution in [2.45, 2.75) is 25.9 Å². The Kier molecular flexibility index (Phi) is 6.35. The van der Waals surface area contributed by atoms with Gasteiger partial charge in [0, 0.05) is 0 Å². The molecule has 0 N–H and O–H groups in total. The zero-order valence-corrected chi connectivity index (χ0v) is 13.9. The molecule has 130 valence electrons. The lowest BCUT2D eigenvalue weighted by Gasteiger charge is -2.31. The Hall–Kier alpha value is -2.37. The number of benzene rings is 1. The summed E-state index contributed by atoms with van der Waals surface area (Å²) in [6, 6.07) is 9.38. The normalized spacial score (nSPS) is 23.2. The summed E-state index contributed by atoms with van der Waals surface area (Å²) in [6.07, 6.45) is 1.12. The van der Waals surface area contributed by atoms with Crippen LogP contribution in [0.3, 0.4) is 0 Å². The van der Waals surface area contributed by atoms with Crippen molar-refractivity contribution in [3.63, 3.8) is 0 Å². The molecule has 0 bridgehead atoms. The van der Waals surface area contributed by atoms with E-state index < -0.39 is 29.7 Å². The van der Waals surface area contributed by atoms with Crippen molar-refractivity contribution in [3.05, 3.63) is 35.9 Å². The maximum absolute atomic E-state index is 12.3. The molecule has 1 aliphatic carbocycles. The van der Waals surface area contributed by atoms with E-state index in [-0.39, 0.29) is 19.0 Å². The van der Waals surface area contributed by atoms with E-state index in [0.29, 0.717) is 12.8 Å². The summed E-state index contributed by atoms with van der Waals surface area (Å²) in [5, 5.41) is 0. The quantitative estimate of drug-likeness (QED) is 0.606. The molecule has 1 aromatic rings. The number of ether oxygens (including phenoxy) is 3. The third-order valence-electron chi connectivity index (χ3n) is 4.42. The predicted octanol–water partition coefficient (Wildman–Crippen LogP) is 2.11. The van der Waals surface area contributed by atoms with E-state index in [2.05, 4.69) is 0 Å². The third-order valence-corrected chi connectivity index (χ3v) is 4.42. The van der Waals surface area contributed by atoms with Crippen molar-refractivity contribution < 1.29 is 28.6 Å². The van der Waals surface area contributed by atoms with Crippen molar-refractivity contribution in [1.82, 2.24) is 0 Å². The van der Waals surface area contributed by atoms with Crippen LogP contribution >= 0.6 is 0 Å². The van der Waals surface area contributed by atoms with Gasteiger partial charge in [-0.15, -0.1) is 0 Å². The molecule has 1 aromatic carbocycles. The molecule has 0 aromatic heterocycles. The molecule has 0 aliphatic heterocycles. The maximum Gasteiger partial charge on any atom is 0.309 e. The van der Waals surface area contributed by atoms with Crippen molar-refractivity contribution in [2.75, 3.05) is 14.2 Å². The Balaban J connectivity index is 1.97. The zero-order chi connectivity index (χ0) is 17.5. The lowest BCUT2D eigenvalue weighted by molar-refractivity contribution is -0.164. The van der Waals surface area contributed by atoms with Gasteiger partial charge in [0.25, 0.3) is 0 Å². The SMILES string of the molecule is COC(=O)C1CCC(C(=O)OCc2ccccc2)CC1C(=O)OC. The number of esters is 3. The second-order valence-corrected chi connectivity index (χ2v) is 5.86. The highest BCUT2D eigenvalue weighted by molar-refractivity contribution is 5.83. The molecular weight excluding hydrogens is 312 g/mol. The Morgan fingerprint density at radius 3 is 2.17 bits per heavy atom. The van der Waals surface area contributed by atoms with Crippen LogP contribution in [0.1, 0.15) is 24.8 Å². The van der Waals surface area contributed by atoms with Gasteiger partial charge in [0.1, 0.15) is 6.61 Å². The van der Waals surface area contributed by atoms with Gasteiger partial charge >= 0.3 is 17.9 Å². The second kappa shape index (κ2) is 8.47. The van der Waals surface area contributed by atoms with Crippen LogP contribution in [0.15, 0.2) is 30.3 Å². The summed E-state index contributed by atoms with van der Waals surface area (Å²) in [5.41, 5.74) is 0.901. The number of rotatable bonds is 5. The fourth-order valence-corrected chi connectivity index (χ4v) is 3.08. The van der Waals surface area contributed by atoms with Crippen LogP contribution in [0.25, 0.3) is 0 Å². The Morgan fingerprint density at radius 2 is 1.54 bits per heavy atom. The van der Waals surface area contributed by atoms with E-state index in [1.807, 2.05) is 30.3 Å². The van der Waals surface area contributed by atoms with Gasteiger partial charge in [-0.25, -0.2) is 0 Å². The van der Waals surface area contributed by atoms with Gasteiger partial charge in [0.2, 0.25) is 0 Å². The van der Waals surface area contributed by atoms with Crippen LogP contribution in [0, 0.1) is 17.8 Å². The number of hydrogen-bond acceptors (Lipinski definition) is 6. The highest BCUT2D eigenvalue weighted by Crippen LogP contribution is 2.36. The standard InChI is InChI=1S/C18H22O6/c1-22-17(20)14-9-8-13(10-15(14)18(21)23-2)16(19)24-11-12-6-4-3-5-7-12/h3-7,13-15H,8-11H2,1-2H3. The highest BCUT2D eigenvalue weighted by Gasteiger charge is 2.43. The first-order valence-corrected chi connectivity index (χ1v) is 7.93. The fraction of sp³-hybridized carbons (Fsp3) is 0.500. The van der Waals surface area contributed by atoms with Gasteiger partial charge in [0.15, 0.2) is 0 Å². The summed E-state index contributed by atoms with van der Waals surface area (Å²) < 4.78 is 14.9. The number of hydrogen-bond donors (Lipinski definition) is 0. The molecule has 0 saturated heterocycles. The molecule has 0 amide bonds. The maximum atomic E-state index is 12.3. The van der Waals surface area contributed by atoms with Crippen LogP contribution in [0.4, 0.5) is 0 Å². The Morgan fingerprint density at radius 1 is 0.917 bits per heavy atom. The summed E-state index contributed by atoms with van der Waals surface area (Å²) >= 11 is 0. The average Bonchev–Trinajstić information content (AvgIpc) is 2.65. The van der Waals surface area contributed by atoms with Gasteiger partial charge in [-0.05, 0) is 24.8 Å². The van der Waals surface area contributed by atoms with E-state index in [1.54, 1.807) is 0 Å².